The molecule has 0 spiro atoms. The highest BCUT2D eigenvalue weighted by Gasteiger charge is 2.28. The van der Waals surface area contributed by atoms with Crippen LogP contribution in [0, 0.1) is 6.92 Å². The summed E-state index contributed by atoms with van der Waals surface area (Å²) in [5.41, 5.74) is 2.10. The Hall–Kier alpha value is -2.29. The number of halogens is 2. The van der Waals surface area contributed by atoms with E-state index in [0.29, 0.717) is 21.3 Å². The average molecular weight is 543 g/mol. The van der Waals surface area contributed by atoms with Gasteiger partial charge in [0.15, 0.2) is 0 Å². The van der Waals surface area contributed by atoms with Gasteiger partial charge in [0.25, 0.3) is 0 Å². The van der Waals surface area contributed by atoms with Crippen molar-refractivity contribution >= 4 is 50.7 Å². The summed E-state index contributed by atoms with van der Waals surface area (Å²) in [4.78, 5) is 27.5. The SMILES string of the molecule is Cc1ccc(N(CCCC(=O)N(Cc2c(Cl)cccc2Cl)[C@@H](C)C(=O)NC(C)C)S(C)(=O)=O)cc1. The Morgan fingerprint density at radius 2 is 1.57 bits per heavy atom. The molecule has 0 radical (unpaired) electrons. The van der Waals surface area contributed by atoms with E-state index >= 15 is 0 Å². The zero-order valence-electron chi connectivity index (χ0n) is 20.7. The van der Waals surface area contributed by atoms with Gasteiger partial charge in [-0.2, -0.15) is 0 Å². The first kappa shape index (κ1) is 28.9. The first-order chi connectivity index (χ1) is 16.3. The first-order valence-electron chi connectivity index (χ1n) is 11.4. The van der Waals surface area contributed by atoms with E-state index in [1.54, 1.807) is 37.3 Å². The van der Waals surface area contributed by atoms with Gasteiger partial charge in [0.05, 0.1) is 11.9 Å². The molecule has 0 heterocycles. The predicted molar refractivity (Wildman–Crippen MR) is 142 cm³/mol. The van der Waals surface area contributed by atoms with Gasteiger partial charge in [-0.3, -0.25) is 13.9 Å². The van der Waals surface area contributed by atoms with Gasteiger partial charge in [0.1, 0.15) is 6.04 Å². The van der Waals surface area contributed by atoms with Crippen molar-refractivity contribution in [3.8, 4) is 0 Å². The fourth-order valence-corrected chi connectivity index (χ4v) is 5.04. The van der Waals surface area contributed by atoms with Crippen LogP contribution in [0.3, 0.4) is 0 Å². The highest BCUT2D eigenvalue weighted by atomic mass is 35.5. The summed E-state index contributed by atoms with van der Waals surface area (Å²) in [7, 11) is -3.54. The molecular weight excluding hydrogens is 509 g/mol. The van der Waals surface area contributed by atoms with Gasteiger partial charge in [0, 0.05) is 41.2 Å². The quantitative estimate of drug-likeness (QED) is 0.443. The zero-order valence-corrected chi connectivity index (χ0v) is 23.0. The normalized spacial score (nSPS) is 12.3. The van der Waals surface area contributed by atoms with Gasteiger partial charge >= 0.3 is 0 Å². The van der Waals surface area contributed by atoms with E-state index in [0.717, 1.165) is 11.8 Å². The van der Waals surface area contributed by atoms with E-state index in [1.807, 2.05) is 32.9 Å². The molecule has 2 amide bonds. The molecule has 192 valence electrons. The number of amides is 2. The van der Waals surface area contributed by atoms with Gasteiger partial charge in [-0.25, -0.2) is 8.42 Å². The molecule has 0 aliphatic heterocycles. The van der Waals surface area contributed by atoms with Crippen LogP contribution in [0.25, 0.3) is 0 Å². The van der Waals surface area contributed by atoms with Crippen LogP contribution in [-0.2, 0) is 26.2 Å². The summed E-state index contributed by atoms with van der Waals surface area (Å²) in [6.45, 7) is 7.43. The van der Waals surface area contributed by atoms with Crippen molar-refractivity contribution in [3.63, 3.8) is 0 Å². The molecule has 1 atom stereocenters. The van der Waals surface area contributed by atoms with Gasteiger partial charge in [-0.15, -0.1) is 0 Å². The number of hydrogen-bond donors (Lipinski definition) is 1. The minimum atomic E-state index is -3.54. The molecule has 2 rings (SSSR count). The molecule has 35 heavy (non-hydrogen) atoms. The Balaban J connectivity index is 2.22. The topological polar surface area (TPSA) is 86.8 Å². The molecule has 7 nitrogen and oxygen atoms in total. The van der Waals surface area contributed by atoms with E-state index in [9.17, 15) is 18.0 Å². The summed E-state index contributed by atoms with van der Waals surface area (Å²) in [5, 5.41) is 3.62. The number of hydrogen-bond acceptors (Lipinski definition) is 4. The van der Waals surface area contributed by atoms with Crippen LogP contribution >= 0.6 is 23.2 Å². The van der Waals surface area contributed by atoms with E-state index < -0.39 is 16.1 Å². The van der Waals surface area contributed by atoms with Crippen LogP contribution in [0.2, 0.25) is 10.0 Å². The second-order valence-electron chi connectivity index (χ2n) is 8.84. The van der Waals surface area contributed by atoms with Gasteiger partial charge in [-0.05, 0) is 58.4 Å². The predicted octanol–water partition coefficient (Wildman–Crippen LogP) is 4.79. The maximum Gasteiger partial charge on any atom is 0.242 e. The lowest BCUT2D eigenvalue weighted by atomic mass is 10.1. The van der Waals surface area contributed by atoms with Crippen molar-refractivity contribution < 1.29 is 18.0 Å². The Morgan fingerprint density at radius 3 is 2.09 bits per heavy atom. The van der Waals surface area contributed by atoms with Gasteiger partial charge < -0.3 is 10.2 Å². The van der Waals surface area contributed by atoms with Crippen molar-refractivity contribution in [2.75, 3.05) is 17.1 Å². The number of benzene rings is 2. The monoisotopic (exact) mass is 541 g/mol. The standard InChI is InChI=1S/C25H33Cl2N3O4S/c1-17(2)28-25(32)19(4)29(16-21-22(26)8-6-9-23(21)27)24(31)10-7-15-30(35(5,33)34)20-13-11-18(3)12-14-20/h6,8-9,11-14,17,19H,7,10,15-16H2,1-5H3,(H,28,32)/t19-/m0/s1. The van der Waals surface area contributed by atoms with Gasteiger partial charge in [0.2, 0.25) is 21.8 Å². The Morgan fingerprint density at radius 1 is 1.00 bits per heavy atom. The molecule has 10 heteroatoms. The highest BCUT2D eigenvalue weighted by molar-refractivity contribution is 7.92. The number of nitrogens with zero attached hydrogens (tertiary/aromatic N) is 2. The maximum atomic E-state index is 13.3. The fraction of sp³-hybridized carbons (Fsp3) is 0.440. The Labute approximate surface area is 218 Å². The molecule has 0 fully saturated rings. The molecule has 0 aliphatic carbocycles. The number of nitrogens with one attached hydrogen (secondary N) is 1. The highest BCUT2D eigenvalue weighted by Crippen LogP contribution is 2.27. The first-order valence-corrected chi connectivity index (χ1v) is 14.0. The third-order valence-corrected chi connectivity index (χ3v) is 7.36. The van der Waals surface area contributed by atoms with Crippen LogP contribution in [0.5, 0.6) is 0 Å². The van der Waals surface area contributed by atoms with Crippen molar-refractivity contribution in [1.82, 2.24) is 10.2 Å². The smallest absolute Gasteiger partial charge is 0.242 e. The second-order valence-corrected chi connectivity index (χ2v) is 11.6. The number of carbonyl (C=O) groups is 2. The van der Waals surface area contributed by atoms with E-state index in [1.165, 1.54) is 9.21 Å². The number of carbonyl (C=O) groups excluding carboxylic acids is 2. The second kappa shape index (κ2) is 12.6. The van der Waals surface area contributed by atoms with Crippen LogP contribution in [0.4, 0.5) is 5.69 Å². The molecule has 0 bridgehead atoms. The van der Waals surface area contributed by atoms with Crippen molar-refractivity contribution in [1.29, 1.82) is 0 Å². The lowest BCUT2D eigenvalue weighted by Gasteiger charge is -2.30. The summed E-state index contributed by atoms with van der Waals surface area (Å²) < 4.78 is 26.1. The number of anilines is 1. The molecular formula is C25H33Cl2N3O4S. The largest absolute Gasteiger partial charge is 0.352 e. The van der Waals surface area contributed by atoms with Crippen molar-refractivity contribution in [3.05, 3.63) is 63.6 Å². The molecule has 2 aromatic carbocycles. The third-order valence-electron chi connectivity index (χ3n) is 5.46. The zero-order chi connectivity index (χ0) is 26.3. The van der Waals surface area contributed by atoms with Crippen molar-refractivity contribution in [2.45, 2.75) is 59.2 Å². The number of sulfonamides is 1. The molecule has 0 saturated carbocycles. The molecule has 1 N–H and O–H groups in total. The summed E-state index contributed by atoms with van der Waals surface area (Å²) in [5.74, 6) is -0.598. The Bertz CT molecular complexity index is 1120. The minimum Gasteiger partial charge on any atom is -0.352 e. The van der Waals surface area contributed by atoms with Gasteiger partial charge in [-0.1, -0.05) is 47.0 Å². The summed E-state index contributed by atoms with van der Waals surface area (Å²) in [6.07, 6.45) is 1.45. The molecule has 0 aromatic heterocycles. The van der Waals surface area contributed by atoms with E-state index in [2.05, 4.69) is 5.32 Å². The molecule has 2 aromatic rings. The number of aryl methyl sites for hydroxylation is 1. The fourth-order valence-electron chi connectivity index (χ4n) is 3.56. The average Bonchev–Trinajstić information content (AvgIpc) is 2.75. The van der Waals surface area contributed by atoms with Crippen LogP contribution in [-0.4, -0.2) is 50.0 Å². The van der Waals surface area contributed by atoms with Crippen molar-refractivity contribution in [2.24, 2.45) is 0 Å². The molecule has 0 unspecified atom stereocenters. The van der Waals surface area contributed by atoms with Crippen LogP contribution < -0.4 is 9.62 Å². The number of rotatable bonds is 11. The van der Waals surface area contributed by atoms with Crippen LogP contribution in [0.15, 0.2) is 42.5 Å². The Kier molecular flexibility index (Phi) is 10.4. The van der Waals surface area contributed by atoms with E-state index in [-0.39, 0.29) is 43.8 Å². The summed E-state index contributed by atoms with van der Waals surface area (Å²) >= 11 is 12.7. The lowest BCUT2D eigenvalue weighted by molar-refractivity contribution is -0.140. The maximum absolute atomic E-state index is 13.3. The van der Waals surface area contributed by atoms with Crippen LogP contribution in [0.1, 0.15) is 44.7 Å². The molecule has 0 saturated heterocycles. The lowest BCUT2D eigenvalue weighted by Crippen LogP contribution is -2.49. The summed E-state index contributed by atoms with van der Waals surface area (Å²) in [6, 6.07) is 11.3. The molecule has 0 aliphatic rings. The minimum absolute atomic E-state index is 0.0409. The van der Waals surface area contributed by atoms with E-state index in [4.69, 9.17) is 23.2 Å². The third kappa shape index (κ3) is 8.40.